The van der Waals surface area contributed by atoms with Crippen molar-refractivity contribution in [3.05, 3.63) is 29.3 Å². The van der Waals surface area contributed by atoms with E-state index in [1.54, 1.807) is 6.07 Å². The van der Waals surface area contributed by atoms with Crippen molar-refractivity contribution in [2.45, 2.75) is 56.4 Å². The molecule has 1 heterocycles. The fourth-order valence-corrected chi connectivity index (χ4v) is 5.12. The average Bonchev–Trinajstić information content (AvgIpc) is 2.94. The van der Waals surface area contributed by atoms with Gasteiger partial charge in [-0.05, 0) is 49.8 Å². The molecule has 158 valence electrons. The van der Waals surface area contributed by atoms with Crippen molar-refractivity contribution in [3.8, 4) is 0 Å². The number of sulfonamides is 1. The number of carbonyl (C=O) groups is 1. The number of aliphatic hydroxyl groups is 1. The molecular weight excluding hydrogens is 382 g/mol. The van der Waals surface area contributed by atoms with Gasteiger partial charge in [-0.25, -0.2) is 13.2 Å². The van der Waals surface area contributed by atoms with Gasteiger partial charge in [-0.3, -0.25) is 0 Å². The molecule has 1 aromatic carbocycles. The second-order valence-corrected chi connectivity index (χ2v) is 8.88. The zero-order valence-electron chi connectivity index (χ0n) is 16.7. The Morgan fingerprint density at radius 1 is 1.29 bits per heavy atom. The lowest BCUT2D eigenvalue weighted by Crippen LogP contribution is -2.33. The monoisotopic (exact) mass is 413 g/mol. The molecule has 0 spiro atoms. The van der Waals surface area contributed by atoms with Crippen LogP contribution in [0.25, 0.3) is 0 Å². The Balaban J connectivity index is 2.23. The molecule has 1 N–H and O–H groups in total. The number of aliphatic hydroxyl groups excluding tert-OH is 1. The fraction of sp³-hybridized carbons (Fsp3) is 0.650. The van der Waals surface area contributed by atoms with Crippen LogP contribution in [-0.4, -0.2) is 63.3 Å². The van der Waals surface area contributed by atoms with Gasteiger partial charge in [0.1, 0.15) is 0 Å². The maximum Gasteiger partial charge on any atom is 0.337 e. The number of esters is 1. The molecule has 1 fully saturated rings. The highest BCUT2D eigenvalue weighted by Gasteiger charge is 2.30. The van der Waals surface area contributed by atoms with E-state index in [-0.39, 0.29) is 29.6 Å². The van der Waals surface area contributed by atoms with Crippen LogP contribution in [0.4, 0.5) is 0 Å². The maximum absolute atomic E-state index is 13.3. The van der Waals surface area contributed by atoms with Crippen LogP contribution in [0.5, 0.6) is 0 Å². The van der Waals surface area contributed by atoms with E-state index in [9.17, 15) is 18.3 Å². The Labute approximate surface area is 167 Å². The van der Waals surface area contributed by atoms with Gasteiger partial charge in [0.25, 0.3) is 0 Å². The topological polar surface area (TPSA) is 93.1 Å². The minimum atomic E-state index is -3.79. The molecule has 0 aromatic heterocycles. The van der Waals surface area contributed by atoms with E-state index in [0.717, 1.165) is 25.7 Å². The summed E-state index contributed by atoms with van der Waals surface area (Å²) in [6, 6.07) is 4.45. The lowest BCUT2D eigenvalue weighted by Gasteiger charge is -2.22. The first-order chi connectivity index (χ1) is 13.4. The Morgan fingerprint density at radius 2 is 2.07 bits per heavy atom. The average molecular weight is 414 g/mol. The number of hydrogen-bond acceptors (Lipinski definition) is 6. The van der Waals surface area contributed by atoms with Gasteiger partial charge >= 0.3 is 5.97 Å². The third kappa shape index (κ3) is 5.76. The normalized spacial score (nSPS) is 18.6. The molecule has 8 heteroatoms. The Hall–Kier alpha value is -1.48. The van der Waals surface area contributed by atoms with Gasteiger partial charge in [-0.2, -0.15) is 4.31 Å². The lowest BCUT2D eigenvalue weighted by atomic mass is 10.1. The van der Waals surface area contributed by atoms with Gasteiger partial charge in [-0.15, -0.1) is 0 Å². The third-order valence-corrected chi connectivity index (χ3v) is 6.95. The van der Waals surface area contributed by atoms with Crippen molar-refractivity contribution < 1.29 is 27.8 Å². The van der Waals surface area contributed by atoms with Crippen molar-refractivity contribution in [2.75, 3.05) is 33.4 Å². The largest absolute Gasteiger partial charge is 0.465 e. The van der Waals surface area contributed by atoms with Crippen LogP contribution in [0.2, 0.25) is 0 Å². The van der Waals surface area contributed by atoms with Crippen LogP contribution in [0.3, 0.4) is 0 Å². The number of methoxy groups -OCH3 is 1. The predicted molar refractivity (Wildman–Crippen MR) is 106 cm³/mol. The molecular formula is C20H31NO6S. The Morgan fingerprint density at radius 3 is 2.75 bits per heavy atom. The first-order valence-electron chi connectivity index (χ1n) is 9.87. The summed E-state index contributed by atoms with van der Waals surface area (Å²) >= 11 is 0. The standard InChI is InChI=1S/C20H31NO6S/c1-3-4-14-27-18-6-5-11-21(12-9-18)28(24,25)19-15-17(20(23)26-2)8-7-16(19)10-13-22/h7-8,15,18,22H,3-6,9-14H2,1-2H3. The van der Waals surface area contributed by atoms with E-state index in [1.807, 2.05) is 0 Å². The predicted octanol–water partition coefficient (Wildman–Crippen LogP) is 2.37. The summed E-state index contributed by atoms with van der Waals surface area (Å²) in [6.45, 7) is 3.43. The van der Waals surface area contributed by atoms with E-state index in [4.69, 9.17) is 9.47 Å². The summed E-state index contributed by atoms with van der Waals surface area (Å²) < 4.78 is 38.7. The van der Waals surface area contributed by atoms with Crippen LogP contribution in [-0.2, 0) is 25.9 Å². The number of nitrogens with zero attached hydrogens (tertiary/aromatic N) is 1. The molecule has 1 atom stereocenters. The van der Waals surface area contributed by atoms with Gasteiger partial charge < -0.3 is 14.6 Å². The van der Waals surface area contributed by atoms with E-state index in [2.05, 4.69) is 6.92 Å². The zero-order valence-corrected chi connectivity index (χ0v) is 17.5. The van der Waals surface area contributed by atoms with Crippen molar-refractivity contribution in [2.24, 2.45) is 0 Å². The molecule has 1 unspecified atom stereocenters. The molecule has 2 rings (SSSR count). The second-order valence-electron chi connectivity index (χ2n) is 6.97. The SMILES string of the molecule is CCCCOC1CCCN(S(=O)(=O)c2cc(C(=O)OC)ccc2CCO)CC1. The smallest absolute Gasteiger partial charge is 0.337 e. The molecule has 1 aromatic rings. The van der Waals surface area contributed by atoms with Gasteiger partial charge in [0, 0.05) is 26.3 Å². The van der Waals surface area contributed by atoms with Crippen molar-refractivity contribution in [3.63, 3.8) is 0 Å². The van der Waals surface area contributed by atoms with Crippen LogP contribution in [0.1, 0.15) is 54.9 Å². The fourth-order valence-electron chi connectivity index (χ4n) is 3.35. The Bertz CT molecular complexity index is 749. The highest BCUT2D eigenvalue weighted by molar-refractivity contribution is 7.89. The first kappa shape index (κ1) is 22.8. The Kier molecular flexibility index (Phi) is 8.88. The van der Waals surface area contributed by atoms with Gasteiger partial charge in [-0.1, -0.05) is 19.4 Å². The number of carbonyl (C=O) groups excluding carboxylic acids is 1. The molecule has 1 aliphatic heterocycles. The van der Waals surface area contributed by atoms with Gasteiger partial charge in [0.15, 0.2) is 0 Å². The minimum Gasteiger partial charge on any atom is -0.465 e. The number of ether oxygens (including phenoxy) is 2. The highest BCUT2D eigenvalue weighted by Crippen LogP contribution is 2.26. The number of rotatable bonds is 9. The van der Waals surface area contributed by atoms with Gasteiger partial charge in [0.2, 0.25) is 10.0 Å². The summed E-state index contributed by atoms with van der Waals surface area (Å²) in [7, 11) is -2.54. The van der Waals surface area contributed by atoms with Crippen molar-refractivity contribution in [1.82, 2.24) is 4.31 Å². The summed E-state index contributed by atoms with van der Waals surface area (Å²) in [5.41, 5.74) is 0.675. The lowest BCUT2D eigenvalue weighted by molar-refractivity contribution is 0.0428. The molecule has 0 radical (unpaired) electrons. The molecule has 1 aliphatic rings. The summed E-state index contributed by atoms with van der Waals surface area (Å²) in [4.78, 5) is 11.9. The summed E-state index contributed by atoms with van der Waals surface area (Å²) in [6.07, 6.45) is 4.55. The molecule has 0 bridgehead atoms. The molecule has 0 amide bonds. The molecule has 0 saturated carbocycles. The number of unbranched alkanes of at least 4 members (excludes halogenated alkanes) is 1. The quantitative estimate of drug-likeness (QED) is 0.493. The van der Waals surface area contributed by atoms with Crippen LogP contribution in [0, 0.1) is 0 Å². The molecule has 0 aliphatic carbocycles. The van der Waals surface area contributed by atoms with E-state index in [1.165, 1.54) is 23.5 Å². The molecule has 28 heavy (non-hydrogen) atoms. The summed E-state index contributed by atoms with van der Waals surface area (Å²) in [5.74, 6) is -0.591. The second kappa shape index (κ2) is 10.9. The third-order valence-electron chi connectivity index (χ3n) is 4.97. The van der Waals surface area contributed by atoms with E-state index in [0.29, 0.717) is 31.7 Å². The van der Waals surface area contributed by atoms with E-state index < -0.39 is 16.0 Å². The molecule has 7 nitrogen and oxygen atoms in total. The van der Waals surface area contributed by atoms with Crippen LogP contribution < -0.4 is 0 Å². The van der Waals surface area contributed by atoms with E-state index >= 15 is 0 Å². The summed E-state index contributed by atoms with van der Waals surface area (Å²) in [5, 5.41) is 9.31. The number of hydrogen-bond donors (Lipinski definition) is 1. The minimum absolute atomic E-state index is 0.0646. The van der Waals surface area contributed by atoms with Crippen LogP contribution in [0.15, 0.2) is 23.1 Å². The highest BCUT2D eigenvalue weighted by atomic mass is 32.2. The first-order valence-corrected chi connectivity index (χ1v) is 11.3. The zero-order chi connectivity index (χ0) is 20.6. The van der Waals surface area contributed by atoms with Crippen molar-refractivity contribution >= 4 is 16.0 Å². The van der Waals surface area contributed by atoms with Crippen molar-refractivity contribution in [1.29, 1.82) is 0 Å². The van der Waals surface area contributed by atoms with Gasteiger partial charge in [0.05, 0.1) is 23.7 Å². The van der Waals surface area contributed by atoms with Crippen LogP contribution >= 0.6 is 0 Å². The molecule has 1 saturated heterocycles. The number of benzene rings is 1. The maximum atomic E-state index is 13.3.